The Morgan fingerprint density at radius 2 is 1.84 bits per heavy atom. The molecule has 0 amide bonds. The first kappa shape index (κ1) is 21.5. The number of ether oxygens (including phenoxy) is 1. The summed E-state index contributed by atoms with van der Waals surface area (Å²) in [7, 11) is -2.08. The fraction of sp³-hybridized carbons (Fsp3) is 0.364. The van der Waals surface area contributed by atoms with Crippen LogP contribution in [-0.2, 0) is 10.0 Å². The van der Waals surface area contributed by atoms with Crippen molar-refractivity contribution in [3.05, 3.63) is 60.3 Å². The van der Waals surface area contributed by atoms with Crippen LogP contribution in [0.15, 0.2) is 59.6 Å². The number of hydrogen-bond donors (Lipinski definition) is 2. The summed E-state index contributed by atoms with van der Waals surface area (Å²) < 4.78 is 35.6. The lowest BCUT2D eigenvalue weighted by Crippen LogP contribution is -2.38. The molecule has 9 heteroatoms. The number of hydrogen-bond acceptors (Lipinski definition) is 6. The predicted octanol–water partition coefficient (Wildman–Crippen LogP) is 2.55. The molecule has 0 unspecified atom stereocenters. The minimum atomic E-state index is -3.69. The highest BCUT2D eigenvalue weighted by atomic mass is 32.2. The van der Waals surface area contributed by atoms with Crippen molar-refractivity contribution in [1.82, 2.24) is 19.7 Å². The van der Waals surface area contributed by atoms with Crippen LogP contribution in [0, 0.1) is 12.8 Å². The van der Waals surface area contributed by atoms with Gasteiger partial charge in [-0.05, 0) is 62.1 Å². The van der Waals surface area contributed by atoms with E-state index in [0.717, 1.165) is 16.9 Å². The van der Waals surface area contributed by atoms with Gasteiger partial charge in [-0.3, -0.25) is 0 Å². The van der Waals surface area contributed by atoms with Gasteiger partial charge in [0.1, 0.15) is 11.4 Å². The molecule has 2 N–H and O–H groups in total. The van der Waals surface area contributed by atoms with Gasteiger partial charge in [0, 0.05) is 18.2 Å². The van der Waals surface area contributed by atoms with Crippen LogP contribution in [0.25, 0.3) is 11.3 Å². The fourth-order valence-electron chi connectivity index (χ4n) is 4.00. The van der Waals surface area contributed by atoms with Gasteiger partial charge in [-0.2, -0.15) is 0 Å². The summed E-state index contributed by atoms with van der Waals surface area (Å²) in [6.45, 7) is 1.91. The number of sulfonamides is 1. The average molecular weight is 443 g/mol. The molecule has 0 radical (unpaired) electrons. The maximum atomic E-state index is 12.9. The monoisotopic (exact) mass is 442 g/mol. The highest BCUT2D eigenvalue weighted by Crippen LogP contribution is 2.36. The van der Waals surface area contributed by atoms with E-state index in [1.807, 2.05) is 37.4 Å². The molecule has 31 heavy (non-hydrogen) atoms. The predicted molar refractivity (Wildman–Crippen MR) is 116 cm³/mol. The van der Waals surface area contributed by atoms with E-state index < -0.39 is 16.1 Å². The second-order valence-corrected chi connectivity index (χ2v) is 9.65. The zero-order valence-corrected chi connectivity index (χ0v) is 18.3. The second kappa shape index (κ2) is 8.78. The highest BCUT2D eigenvalue weighted by molar-refractivity contribution is 7.89. The van der Waals surface area contributed by atoms with Crippen LogP contribution >= 0.6 is 0 Å². The fourth-order valence-corrected chi connectivity index (χ4v) is 5.29. The van der Waals surface area contributed by atoms with Crippen molar-refractivity contribution in [2.45, 2.75) is 36.7 Å². The molecule has 1 aromatic heterocycles. The molecular weight excluding hydrogens is 416 g/mol. The first-order valence-corrected chi connectivity index (χ1v) is 11.6. The molecule has 0 bridgehead atoms. The van der Waals surface area contributed by atoms with E-state index in [1.165, 1.54) is 0 Å². The number of nitrogens with one attached hydrogen (secondary N) is 1. The number of aliphatic hydroxyl groups is 1. The summed E-state index contributed by atoms with van der Waals surface area (Å²) >= 11 is 0. The Kier molecular flexibility index (Phi) is 6.08. The summed E-state index contributed by atoms with van der Waals surface area (Å²) in [5.41, 5.74) is 2.57. The molecule has 1 saturated carbocycles. The zero-order valence-electron chi connectivity index (χ0n) is 17.5. The van der Waals surface area contributed by atoms with Crippen LogP contribution in [0.1, 0.15) is 24.4 Å². The minimum absolute atomic E-state index is 0.000701. The van der Waals surface area contributed by atoms with E-state index in [0.29, 0.717) is 18.5 Å². The van der Waals surface area contributed by atoms with E-state index >= 15 is 0 Å². The molecule has 0 spiro atoms. The molecule has 0 aliphatic heterocycles. The lowest BCUT2D eigenvalue weighted by molar-refractivity contribution is 0.225. The van der Waals surface area contributed by atoms with E-state index in [9.17, 15) is 13.5 Å². The number of aliphatic hydroxyl groups excluding tert-OH is 1. The lowest BCUT2D eigenvalue weighted by atomic mass is 10.1. The summed E-state index contributed by atoms with van der Waals surface area (Å²) in [5, 5.41) is 18.2. The smallest absolute Gasteiger partial charge is 0.240 e. The third kappa shape index (κ3) is 4.63. The van der Waals surface area contributed by atoms with Crippen molar-refractivity contribution in [2.75, 3.05) is 13.7 Å². The first-order valence-electron chi connectivity index (χ1n) is 10.2. The number of benzene rings is 2. The molecule has 1 fully saturated rings. The van der Waals surface area contributed by atoms with Gasteiger partial charge in [0.25, 0.3) is 0 Å². The number of aryl methyl sites for hydroxylation is 1. The zero-order chi connectivity index (χ0) is 22.0. The van der Waals surface area contributed by atoms with Gasteiger partial charge in [0.2, 0.25) is 10.0 Å². The topological polar surface area (TPSA) is 106 Å². The lowest BCUT2D eigenvalue weighted by Gasteiger charge is -2.20. The molecular formula is C22H26N4O4S. The van der Waals surface area contributed by atoms with Crippen molar-refractivity contribution in [3.8, 4) is 17.0 Å². The normalized spacial score (nSPS) is 21.3. The molecule has 1 aliphatic rings. The quantitative estimate of drug-likeness (QED) is 0.582. The van der Waals surface area contributed by atoms with Crippen LogP contribution < -0.4 is 9.46 Å². The third-order valence-corrected chi connectivity index (χ3v) is 7.26. The Bertz CT molecular complexity index is 1130. The van der Waals surface area contributed by atoms with Crippen molar-refractivity contribution in [2.24, 2.45) is 5.92 Å². The Morgan fingerprint density at radius 1 is 1.13 bits per heavy atom. The highest BCUT2D eigenvalue weighted by Gasteiger charge is 2.38. The second-order valence-electron chi connectivity index (χ2n) is 7.94. The molecule has 1 aliphatic carbocycles. The largest absolute Gasteiger partial charge is 0.497 e. The van der Waals surface area contributed by atoms with E-state index in [1.54, 1.807) is 36.1 Å². The first-order chi connectivity index (χ1) is 14.9. The molecule has 4 rings (SSSR count). The van der Waals surface area contributed by atoms with Crippen LogP contribution in [0.5, 0.6) is 5.75 Å². The Morgan fingerprint density at radius 3 is 2.48 bits per heavy atom. The maximum Gasteiger partial charge on any atom is 0.240 e. The van der Waals surface area contributed by atoms with Gasteiger partial charge < -0.3 is 9.84 Å². The van der Waals surface area contributed by atoms with Crippen molar-refractivity contribution < 1.29 is 18.3 Å². The van der Waals surface area contributed by atoms with Gasteiger partial charge >= 0.3 is 0 Å². The molecule has 2 aromatic carbocycles. The van der Waals surface area contributed by atoms with Gasteiger partial charge in [0.05, 0.1) is 24.2 Å². The van der Waals surface area contributed by atoms with E-state index in [4.69, 9.17) is 4.74 Å². The minimum Gasteiger partial charge on any atom is -0.497 e. The van der Waals surface area contributed by atoms with Gasteiger partial charge in [-0.1, -0.05) is 22.9 Å². The summed E-state index contributed by atoms with van der Waals surface area (Å²) in [5.74, 6) is 0.743. The number of rotatable bonds is 7. The number of methoxy groups -OCH3 is 1. The number of nitrogens with zero attached hydrogens (tertiary/aromatic N) is 3. The van der Waals surface area contributed by atoms with Gasteiger partial charge in [-0.25, -0.2) is 17.8 Å². The summed E-state index contributed by atoms with van der Waals surface area (Å²) in [6.07, 6.45) is 2.96. The van der Waals surface area contributed by atoms with Crippen LogP contribution in [0.2, 0.25) is 0 Å². The Labute approximate surface area is 181 Å². The van der Waals surface area contributed by atoms with E-state index in [-0.39, 0.29) is 23.5 Å². The summed E-state index contributed by atoms with van der Waals surface area (Å²) in [6, 6.07) is 13.6. The summed E-state index contributed by atoms with van der Waals surface area (Å²) in [4.78, 5) is 0.224. The molecule has 164 valence electrons. The van der Waals surface area contributed by atoms with Crippen LogP contribution in [-0.4, -0.2) is 48.3 Å². The van der Waals surface area contributed by atoms with Gasteiger partial charge in [0.15, 0.2) is 0 Å². The van der Waals surface area contributed by atoms with Crippen molar-refractivity contribution in [3.63, 3.8) is 0 Å². The van der Waals surface area contributed by atoms with Crippen LogP contribution in [0.4, 0.5) is 0 Å². The average Bonchev–Trinajstić information content (AvgIpc) is 3.41. The molecule has 3 atom stereocenters. The van der Waals surface area contributed by atoms with E-state index in [2.05, 4.69) is 15.0 Å². The van der Waals surface area contributed by atoms with Crippen LogP contribution in [0.3, 0.4) is 0 Å². The molecule has 0 saturated heterocycles. The third-order valence-electron chi connectivity index (χ3n) is 5.76. The Balaban J connectivity index is 1.57. The Hall–Kier alpha value is -2.75. The van der Waals surface area contributed by atoms with Crippen molar-refractivity contribution in [1.29, 1.82) is 0 Å². The SMILES string of the molecule is COc1ccc(-c2cn([C@H]3C[C@H](CO)C[C@@H]3NS(=O)(=O)c3ccc(C)cc3)nn2)cc1. The van der Waals surface area contributed by atoms with Crippen molar-refractivity contribution >= 4 is 10.0 Å². The standard InChI is InChI=1S/C22H26N4O4S/c1-15-3-9-19(10-4-15)31(28,29)24-20-11-16(14-27)12-22(20)26-13-21(23-25-26)17-5-7-18(30-2)8-6-17/h3-10,13,16,20,22,24,27H,11-12,14H2,1-2H3/t16-,20+,22+/m1/s1. The molecule has 1 heterocycles. The maximum absolute atomic E-state index is 12.9. The number of aromatic nitrogens is 3. The molecule has 3 aromatic rings. The van der Waals surface area contributed by atoms with Gasteiger partial charge in [-0.15, -0.1) is 5.10 Å². The molecule has 8 nitrogen and oxygen atoms in total.